The van der Waals surface area contributed by atoms with Gasteiger partial charge in [-0.3, -0.25) is 0 Å². The van der Waals surface area contributed by atoms with Crippen LogP contribution in [-0.2, 0) is 7.05 Å². The van der Waals surface area contributed by atoms with Crippen LogP contribution in [0.15, 0.2) is 47.1 Å². The molecule has 1 aromatic carbocycles. The van der Waals surface area contributed by atoms with Crippen LogP contribution in [0.1, 0.15) is 5.56 Å². The molecule has 0 radical (unpaired) electrons. The molecule has 0 bridgehead atoms. The van der Waals surface area contributed by atoms with Crippen LogP contribution < -0.4 is 21.0 Å². The SMILES string of the molecule is Cn1c(-c2ccc(/C=[NH+]/N=C(N)N)cc2)c[n+]2ccsc12. The number of nitrogens with one attached hydrogen (secondary N) is 1. The lowest BCUT2D eigenvalue weighted by atomic mass is 10.1. The third kappa shape index (κ3) is 2.63. The highest BCUT2D eigenvalue weighted by Gasteiger charge is 2.16. The Kier molecular flexibility index (Phi) is 3.41. The third-order valence-electron chi connectivity index (χ3n) is 3.16. The molecule has 0 spiro atoms. The summed E-state index contributed by atoms with van der Waals surface area (Å²) in [6.07, 6.45) is 5.93. The molecule has 0 aliphatic carbocycles. The van der Waals surface area contributed by atoms with E-state index in [1.807, 2.05) is 12.1 Å². The molecule has 0 saturated carbocycles. The minimum atomic E-state index is 0.00350. The fourth-order valence-electron chi connectivity index (χ4n) is 2.15. The molecular formula is C14H16N6S+2. The van der Waals surface area contributed by atoms with Crippen LogP contribution in [0.25, 0.3) is 16.2 Å². The number of aryl methyl sites for hydroxylation is 1. The van der Waals surface area contributed by atoms with Crippen molar-refractivity contribution >= 4 is 28.5 Å². The van der Waals surface area contributed by atoms with Gasteiger partial charge in [0.1, 0.15) is 12.4 Å². The number of hydrogen-bond donors (Lipinski definition) is 3. The second kappa shape index (κ2) is 5.37. The summed E-state index contributed by atoms with van der Waals surface area (Å²) in [6, 6.07) is 8.16. The summed E-state index contributed by atoms with van der Waals surface area (Å²) in [5, 5.41) is 8.47. The number of benzene rings is 1. The zero-order valence-electron chi connectivity index (χ0n) is 11.5. The molecule has 2 heterocycles. The summed E-state index contributed by atoms with van der Waals surface area (Å²) < 4.78 is 4.31. The number of thiazole rings is 1. The lowest BCUT2D eigenvalue weighted by Crippen LogP contribution is -2.63. The van der Waals surface area contributed by atoms with Gasteiger partial charge in [0, 0.05) is 21.6 Å². The molecule has 2 aromatic heterocycles. The van der Waals surface area contributed by atoms with Crippen LogP contribution in [0.2, 0.25) is 0 Å². The average molecular weight is 300 g/mol. The summed E-state index contributed by atoms with van der Waals surface area (Å²) >= 11 is 1.72. The summed E-state index contributed by atoms with van der Waals surface area (Å²) in [4.78, 5) is 1.20. The Morgan fingerprint density at radius 3 is 2.76 bits per heavy atom. The molecule has 3 aromatic rings. The van der Waals surface area contributed by atoms with Crippen LogP contribution in [0.4, 0.5) is 0 Å². The Labute approximate surface area is 125 Å². The van der Waals surface area contributed by atoms with E-state index in [0.717, 1.165) is 11.1 Å². The van der Waals surface area contributed by atoms with E-state index in [2.05, 4.69) is 56.1 Å². The van der Waals surface area contributed by atoms with E-state index >= 15 is 0 Å². The van der Waals surface area contributed by atoms with Gasteiger partial charge in [-0.1, -0.05) is 11.3 Å². The largest absolute Gasteiger partial charge is 0.365 e. The minimum absolute atomic E-state index is 0.00350. The molecule has 5 N–H and O–H groups in total. The van der Waals surface area contributed by atoms with Crippen molar-refractivity contribution in [2.45, 2.75) is 0 Å². The number of guanidine groups is 1. The van der Waals surface area contributed by atoms with Crippen LogP contribution >= 0.6 is 11.3 Å². The van der Waals surface area contributed by atoms with Gasteiger partial charge in [-0.2, -0.15) is 4.40 Å². The summed E-state index contributed by atoms with van der Waals surface area (Å²) in [7, 11) is 2.07. The van der Waals surface area contributed by atoms with Crippen LogP contribution in [0, 0.1) is 0 Å². The highest BCUT2D eigenvalue weighted by molar-refractivity contribution is 7.14. The standard InChI is InChI=1S/C14H15N6S/c1-19-12(9-20-6-7-21-14(19)20)11-4-2-10(3-5-11)8-17-18-13(15)16/h2-9H,1H3,(H4,15,16,18)/q+1/p+1/b17-8+. The zero-order chi connectivity index (χ0) is 14.8. The molecule has 106 valence electrons. The Morgan fingerprint density at radius 2 is 2.10 bits per heavy atom. The maximum Gasteiger partial charge on any atom is 0.345 e. The molecule has 7 heteroatoms. The number of rotatable bonds is 3. The second-order valence-electron chi connectivity index (χ2n) is 4.60. The average Bonchev–Trinajstić information content (AvgIpc) is 3.03. The zero-order valence-corrected chi connectivity index (χ0v) is 12.3. The van der Waals surface area contributed by atoms with E-state index in [1.165, 1.54) is 10.7 Å². The first kappa shape index (κ1) is 13.3. The summed E-state index contributed by atoms with van der Waals surface area (Å²) in [5.74, 6) is 0.00350. The van der Waals surface area contributed by atoms with Crippen molar-refractivity contribution in [2.75, 3.05) is 0 Å². The molecule has 0 aliphatic heterocycles. The van der Waals surface area contributed by atoms with Gasteiger partial charge in [0.05, 0.1) is 7.05 Å². The molecule has 0 unspecified atom stereocenters. The molecule has 6 nitrogen and oxygen atoms in total. The fraction of sp³-hybridized carbons (Fsp3) is 0.0714. The Hall–Kier alpha value is -2.67. The molecule has 0 fully saturated rings. The maximum absolute atomic E-state index is 5.24. The van der Waals surface area contributed by atoms with Gasteiger partial charge in [0.2, 0.25) is 6.21 Å². The van der Waals surface area contributed by atoms with Crippen molar-refractivity contribution in [3.8, 4) is 11.3 Å². The number of aromatic nitrogens is 2. The normalized spacial score (nSPS) is 11.3. The highest BCUT2D eigenvalue weighted by Crippen LogP contribution is 2.21. The number of hydrazone groups is 1. The molecule has 0 atom stereocenters. The van der Waals surface area contributed by atoms with Gasteiger partial charge < -0.3 is 11.5 Å². The lowest BCUT2D eigenvalue weighted by molar-refractivity contribution is -0.505. The lowest BCUT2D eigenvalue weighted by Gasteiger charge is -1.97. The van der Waals surface area contributed by atoms with E-state index in [9.17, 15) is 0 Å². The molecular weight excluding hydrogens is 284 g/mol. The van der Waals surface area contributed by atoms with E-state index in [4.69, 9.17) is 11.5 Å². The van der Waals surface area contributed by atoms with Crippen LogP contribution in [-0.4, -0.2) is 16.7 Å². The predicted octanol–water partition coefficient (Wildman–Crippen LogP) is -0.820. The van der Waals surface area contributed by atoms with Crippen molar-refractivity contribution in [1.29, 1.82) is 0 Å². The smallest absolute Gasteiger partial charge is 0.345 e. The monoisotopic (exact) mass is 300 g/mol. The maximum atomic E-state index is 5.24. The van der Waals surface area contributed by atoms with Crippen LogP contribution in [0.3, 0.4) is 0 Å². The van der Waals surface area contributed by atoms with E-state index < -0.39 is 0 Å². The number of hydrogen-bond acceptors (Lipinski definition) is 2. The summed E-state index contributed by atoms with van der Waals surface area (Å²) in [5.41, 5.74) is 13.8. The van der Waals surface area contributed by atoms with Gasteiger partial charge in [0.25, 0.3) is 5.96 Å². The topological polar surface area (TPSA) is 87.4 Å². The van der Waals surface area contributed by atoms with Crippen molar-refractivity contribution in [3.63, 3.8) is 0 Å². The molecule has 3 rings (SSSR count). The van der Waals surface area contributed by atoms with Crippen molar-refractivity contribution < 1.29 is 9.50 Å². The van der Waals surface area contributed by atoms with Gasteiger partial charge >= 0.3 is 4.96 Å². The molecule has 21 heavy (non-hydrogen) atoms. The molecule has 0 saturated heterocycles. The molecule has 0 aliphatic rings. The van der Waals surface area contributed by atoms with Crippen LogP contribution in [0.5, 0.6) is 0 Å². The minimum Gasteiger partial charge on any atom is -0.365 e. The van der Waals surface area contributed by atoms with Crippen molar-refractivity contribution in [2.24, 2.45) is 23.6 Å². The molecule has 0 amide bonds. The van der Waals surface area contributed by atoms with Gasteiger partial charge in [-0.05, 0) is 24.3 Å². The Morgan fingerprint density at radius 1 is 1.33 bits per heavy atom. The van der Waals surface area contributed by atoms with E-state index in [-0.39, 0.29) is 5.96 Å². The number of nitrogens with zero attached hydrogens (tertiary/aromatic N) is 3. The predicted molar refractivity (Wildman–Crippen MR) is 83.8 cm³/mol. The Bertz CT molecular complexity index is 821. The third-order valence-corrected chi connectivity index (χ3v) is 4.11. The number of imidazole rings is 1. The first-order valence-corrected chi connectivity index (χ1v) is 7.25. The first-order chi connectivity index (χ1) is 10.1. The highest BCUT2D eigenvalue weighted by atomic mass is 32.1. The van der Waals surface area contributed by atoms with Crippen molar-refractivity contribution in [3.05, 3.63) is 47.6 Å². The fourth-order valence-corrected chi connectivity index (χ4v) is 2.96. The second-order valence-corrected chi connectivity index (χ2v) is 5.47. The van der Waals surface area contributed by atoms with E-state index in [0.29, 0.717) is 0 Å². The van der Waals surface area contributed by atoms with Gasteiger partial charge in [0.15, 0.2) is 5.69 Å². The summed E-state index contributed by atoms with van der Waals surface area (Å²) in [6.45, 7) is 0. The van der Waals surface area contributed by atoms with Crippen molar-refractivity contribution in [1.82, 2.24) is 4.57 Å². The van der Waals surface area contributed by atoms with E-state index in [1.54, 1.807) is 17.6 Å². The Balaban J connectivity index is 1.90. The number of fused-ring (bicyclic) bond motifs is 1. The quantitative estimate of drug-likeness (QED) is 0.255. The van der Waals surface area contributed by atoms with Gasteiger partial charge in [-0.25, -0.2) is 4.57 Å². The number of nitrogens with two attached hydrogens (primary N) is 2. The first-order valence-electron chi connectivity index (χ1n) is 6.37. The van der Waals surface area contributed by atoms with Gasteiger partial charge in [-0.15, -0.1) is 5.10 Å².